The maximum absolute atomic E-state index is 11.4. The molecule has 2 N–H and O–H groups in total. The first kappa shape index (κ1) is 12.0. The largest absolute Gasteiger partial charge is 0.366 e. The van der Waals surface area contributed by atoms with Gasteiger partial charge in [-0.2, -0.15) is 0 Å². The van der Waals surface area contributed by atoms with E-state index >= 15 is 0 Å². The highest BCUT2D eigenvalue weighted by atomic mass is 16.1. The number of amides is 1. The molecule has 0 spiro atoms. The summed E-state index contributed by atoms with van der Waals surface area (Å²) in [6.07, 6.45) is 3.09. The Bertz CT molecular complexity index is 535. The molecule has 0 saturated heterocycles. The lowest BCUT2D eigenvalue weighted by molar-refractivity contribution is -0.114. The molecule has 1 heterocycles. The number of rotatable bonds is 3. The number of benzene rings is 1. The molecule has 2 rings (SSSR count). The van der Waals surface area contributed by atoms with E-state index in [-0.39, 0.29) is 0 Å². The first-order valence-electron chi connectivity index (χ1n) is 5.52. The third-order valence-corrected chi connectivity index (χ3v) is 2.65. The molecule has 0 radical (unpaired) electrons. The lowest BCUT2D eigenvalue weighted by atomic mass is 9.97. The van der Waals surface area contributed by atoms with E-state index in [1.165, 1.54) is 6.33 Å². The van der Waals surface area contributed by atoms with Gasteiger partial charge in [0.1, 0.15) is 6.33 Å². The number of hydrogen-bond acceptors (Lipinski definition) is 3. The molecule has 4 heteroatoms. The molecule has 18 heavy (non-hydrogen) atoms. The molecule has 0 fully saturated rings. The Kier molecular flexibility index (Phi) is 3.48. The van der Waals surface area contributed by atoms with Crippen molar-refractivity contribution in [1.82, 2.24) is 9.97 Å². The molecule has 1 amide bonds. The van der Waals surface area contributed by atoms with Crippen LogP contribution in [0.1, 0.15) is 18.2 Å². The summed E-state index contributed by atoms with van der Waals surface area (Å²) in [5.74, 6) is -0.451. The number of carbonyl (C=O) groups is 1. The summed E-state index contributed by atoms with van der Waals surface area (Å²) in [5, 5.41) is 0. The molecule has 0 aliphatic heterocycles. The zero-order valence-electron chi connectivity index (χ0n) is 10.00. The second kappa shape index (κ2) is 5.23. The summed E-state index contributed by atoms with van der Waals surface area (Å²) in [7, 11) is 0. The monoisotopic (exact) mass is 239 g/mol. The fourth-order valence-electron chi connectivity index (χ4n) is 1.72. The summed E-state index contributed by atoms with van der Waals surface area (Å²) in [5.41, 5.74) is 8.20. The molecule has 4 nitrogen and oxygen atoms in total. The van der Waals surface area contributed by atoms with Crippen molar-refractivity contribution in [2.45, 2.75) is 6.92 Å². The van der Waals surface area contributed by atoms with Crippen molar-refractivity contribution < 1.29 is 4.79 Å². The van der Waals surface area contributed by atoms with Gasteiger partial charge in [0.2, 0.25) is 5.91 Å². The second-order valence-corrected chi connectivity index (χ2v) is 3.82. The molecule has 2 aromatic rings. The van der Waals surface area contributed by atoms with Gasteiger partial charge in [-0.1, -0.05) is 30.3 Å². The summed E-state index contributed by atoms with van der Waals surface area (Å²) in [4.78, 5) is 19.5. The minimum Gasteiger partial charge on any atom is -0.366 e. The minimum absolute atomic E-state index is 0.451. The van der Waals surface area contributed by atoms with Gasteiger partial charge in [0.15, 0.2) is 0 Å². The third-order valence-electron chi connectivity index (χ3n) is 2.65. The minimum atomic E-state index is -0.451. The Morgan fingerprint density at radius 3 is 2.44 bits per heavy atom. The van der Waals surface area contributed by atoms with E-state index in [4.69, 9.17) is 5.73 Å². The molecule has 0 aliphatic carbocycles. The van der Waals surface area contributed by atoms with Crippen LogP contribution in [0.5, 0.6) is 0 Å². The predicted octanol–water partition coefficient (Wildman–Crippen LogP) is 1.78. The van der Waals surface area contributed by atoms with E-state index in [1.54, 1.807) is 19.2 Å². The maximum atomic E-state index is 11.4. The third kappa shape index (κ3) is 2.43. The molecular weight excluding hydrogens is 226 g/mol. The summed E-state index contributed by atoms with van der Waals surface area (Å²) in [6.45, 7) is 1.70. The Morgan fingerprint density at radius 1 is 1.17 bits per heavy atom. The van der Waals surface area contributed by atoms with E-state index < -0.39 is 5.91 Å². The van der Waals surface area contributed by atoms with E-state index in [9.17, 15) is 4.79 Å². The van der Waals surface area contributed by atoms with Crippen LogP contribution in [-0.4, -0.2) is 15.9 Å². The SMILES string of the molecule is CC(C(N)=O)=C(c1ccccc1)c1ccncn1. The number of hydrogen-bond donors (Lipinski definition) is 1. The zero-order chi connectivity index (χ0) is 13.0. The fraction of sp³-hybridized carbons (Fsp3) is 0.0714. The van der Waals surface area contributed by atoms with Gasteiger partial charge in [-0.25, -0.2) is 9.97 Å². The molecule has 1 aromatic heterocycles. The predicted molar refractivity (Wildman–Crippen MR) is 69.4 cm³/mol. The van der Waals surface area contributed by atoms with Crippen molar-refractivity contribution in [3.63, 3.8) is 0 Å². The highest BCUT2D eigenvalue weighted by molar-refractivity contribution is 6.02. The van der Waals surface area contributed by atoms with E-state index in [1.807, 2.05) is 30.3 Å². The van der Waals surface area contributed by atoms with Crippen LogP contribution in [0.2, 0.25) is 0 Å². The lowest BCUT2D eigenvalue weighted by Crippen LogP contribution is -2.14. The molecule has 0 atom stereocenters. The van der Waals surface area contributed by atoms with Crippen molar-refractivity contribution in [3.05, 3.63) is 65.8 Å². The molecule has 90 valence electrons. The normalized spacial score (nSPS) is 11.8. The maximum Gasteiger partial charge on any atom is 0.245 e. The van der Waals surface area contributed by atoms with Crippen molar-refractivity contribution in [1.29, 1.82) is 0 Å². The van der Waals surface area contributed by atoms with Gasteiger partial charge in [-0.05, 0) is 18.6 Å². The highest BCUT2D eigenvalue weighted by Gasteiger charge is 2.13. The van der Waals surface area contributed by atoms with Crippen LogP contribution in [0.15, 0.2) is 54.5 Å². The van der Waals surface area contributed by atoms with Crippen molar-refractivity contribution in [2.24, 2.45) is 5.73 Å². The van der Waals surface area contributed by atoms with Crippen LogP contribution in [0.4, 0.5) is 0 Å². The van der Waals surface area contributed by atoms with Gasteiger partial charge < -0.3 is 5.73 Å². The van der Waals surface area contributed by atoms with Gasteiger partial charge in [-0.3, -0.25) is 4.79 Å². The Labute approximate surface area is 105 Å². The molecule has 0 saturated carbocycles. The number of nitrogens with two attached hydrogens (primary N) is 1. The fourth-order valence-corrected chi connectivity index (χ4v) is 1.72. The second-order valence-electron chi connectivity index (χ2n) is 3.82. The molecule has 0 bridgehead atoms. The average Bonchev–Trinajstić information content (AvgIpc) is 2.41. The smallest absolute Gasteiger partial charge is 0.245 e. The Balaban J connectivity index is 2.64. The van der Waals surface area contributed by atoms with Crippen LogP contribution in [-0.2, 0) is 4.79 Å². The van der Waals surface area contributed by atoms with E-state index in [0.717, 1.165) is 11.1 Å². The number of primary amides is 1. The first-order valence-corrected chi connectivity index (χ1v) is 5.52. The highest BCUT2D eigenvalue weighted by Crippen LogP contribution is 2.24. The van der Waals surface area contributed by atoms with Crippen LogP contribution < -0.4 is 5.73 Å². The van der Waals surface area contributed by atoms with Crippen molar-refractivity contribution in [3.8, 4) is 0 Å². The van der Waals surface area contributed by atoms with Crippen LogP contribution in [0, 0.1) is 0 Å². The van der Waals surface area contributed by atoms with Crippen molar-refractivity contribution in [2.75, 3.05) is 0 Å². The van der Waals surface area contributed by atoms with Gasteiger partial charge in [0.05, 0.1) is 5.69 Å². The topological polar surface area (TPSA) is 68.9 Å². The molecule has 0 unspecified atom stereocenters. The first-order chi connectivity index (χ1) is 8.70. The lowest BCUT2D eigenvalue weighted by Gasteiger charge is -2.10. The van der Waals surface area contributed by atoms with Crippen LogP contribution in [0.3, 0.4) is 0 Å². The molecule has 0 aliphatic rings. The van der Waals surface area contributed by atoms with Crippen LogP contribution in [0.25, 0.3) is 5.57 Å². The van der Waals surface area contributed by atoms with Gasteiger partial charge >= 0.3 is 0 Å². The average molecular weight is 239 g/mol. The molecular formula is C14H13N3O. The van der Waals surface area contributed by atoms with Crippen LogP contribution >= 0.6 is 0 Å². The number of nitrogens with zero attached hydrogens (tertiary/aromatic N) is 2. The summed E-state index contributed by atoms with van der Waals surface area (Å²) in [6, 6.07) is 11.3. The van der Waals surface area contributed by atoms with E-state index in [2.05, 4.69) is 9.97 Å². The summed E-state index contributed by atoms with van der Waals surface area (Å²) < 4.78 is 0. The van der Waals surface area contributed by atoms with Crippen molar-refractivity contribution >= 4 is 11.5 Å². The number of carbonyl (C=O) groups excluding carboxylic acids is 1. The quantitative estimate of drug-likeness (QED) is 0.830. The Hall–Kier alpha value is -2.49. The van der Waals surface area contributed by atoms with Gasteiger partial charge in [0.25, 0.3) is 0 Å². The van der Waals surface area contributed by atoms with Gasteiger partial charge in [-0.15, -0.1) is 0 Å². The van der Waals surface area contributed by atoms with Gasteiger partial charge in [0, 0.05) is 17.3 Å². The Morgan fingerprint density at radius 2 is 1.89 bits per heavy atom. The summed E-state index contributed by atoms with van der Waals surface area (Å²) >= 11 is 0. The standard InChI is InChI=1S/C14H13N3O/c1-10(14(15)18)13(11-5-3-2-4-6-11)12-7-8-16-9-17-12/h2-9H,1H3,(H2,15,18). The number of aromatic nitrogens is 2. The zero-order valence-corrected chi connectivity index (χ0v) is 10.00. The van der Waals surface area contributed by atoms with E-state index in [0.29, 0.717) is 11.3 Å². The molecule has 1 aromatic carbocycles.